The Morgan fingerprint density at radius 1 is 1.33 bits per heavy atom. The molecule has 1 unspecified atom stereocenters. The smallest absolute Gasteiger partial charge is 0.208 e. The average Bonchev–Trinajstić information content (AvgIpc) is 2.28. The van der Waals surface area contributed by atoms with Crippen molar-refractivity contribution in [1.29, 1.82) is 5.26 Å². The van der Waals surface area contributed by atoms with Crippen molar-refractivity contribution in [2.75, 3.05) is 0 Å². The molecular weight excluding hydrogens is 255 g/mol. The Balaban J connectivity index is 3.10. The molecule has 0 amide bonds. The van der Waals surface area contributed by atoms with E-state index in [-0.39, 0.29) is 22.4 Å². The largest absolute Gasteiger partial charge is 0.240 e. The Kier molecular flexibility index (Phi) is 4.43. The second-order valence-corrected chi connectivity index (χ2v) is 6.12. The predicted octanol–water partition coefficient (Wildman–Crippen LogP) is 2.02. The second-order valence-electron chi connectivity index (χ2n) is 4.41. The second kappa shape index (κ2) is 5.46. The van der Waals surface area contributed by atoms with Crippen LogP contribution in [0.15, 0.2) is 23.1 Å². The van der Waals surface area contributed by atoms with Crippen molar-refractivity contribution in [3.8, 4) is 6.07 Å². The molecule has 0 aliphatic heterocycles. The zero-order valence-corrected chi connectivity index (χ0v) is 11.3. The van der Waals surface area contributed by atoms with Crippen LogP contribution in [0.25, 0.3) is 0 Å². The number of hydrogen-bond acceptors (Lipinski definition) is 3. The van der Waals surface area contributed by atoms with E-state index in [1.165, 1.54) is 0 Å². The number of nitrogens with one attached hydrogen (secondary N) is 1. The minimum absolute atomic E-state index is 0.104. The van der Waals surface area contributed by atoms with Crippen LogP contribution in [0.2, 0.25) is 0 Å². The fourth-order valence-corrected chi connectivity index (χ4v) is 2.62. The highest BCUT2D eigenvalue weighted by Gasteiger charge is 2.20. The van der Waals surface area contributed by atoms with E-state index in [4.69, 9.17) is 5.26 Å². The normalized spacial score (nSPS) is 13.3. The molecule has 4 nitrogen and oxygen atoms in total. The fourth-order valence-electron chi connectivity index (χ4n) is 1.21. The standard InChI is InChI=1S/C12H15FN2O2S/c1-8(2)9(3)15-18(16,17)11-4-5-12(13)10(6-11)7-14/h4-6,8-9,15H,1-3H3. The summed E-state index contributed by atoms with van der Waals surface area (Å²) < 4.78 is 39.6. The van der Waals surface area contributed by atoms with E-state index in [1.54, 1.807) is 13.0 Å². The summed E-state index contributed by atoms with van der Waals surface area (Å²) in [4.78, 5) is -0.104. The highest BCUT2D eigenvalue weighted by Crippen LogP contribution is 2.15. The summed E-state index contributed by atoms with van der Waals surface area (Å²) in [6.45, 7) is 5.52. The molecule has 6 heteroatoms. The number of halogens is 1. The van der Waals surface area contributed by atoms with Gasteiger partial charge in [-0.2, -0.15) is 5.26 Å². The van der Waals surface area contributed by atoms with Crippen LogP contribution in [0.3, 0.4) is 0 Å². The van der Waals surface area contributed by atoms with Gasteiger partial charge in [0.25, 0.3) is 0 Å². The molecule has 0 fully saturated rings. The quantitative estimate of drug-likeness (QED) is 0.910. The highest BCUT2D eigenvalue weighted by molar-refractivity contribution is 7.89. The molecule has 0 aliphatic carbocycles. The number of sulfonamides is 1. The Hall–Kier alpha value is -1.45. The van der Waals surface area contributed by atoms with Crippen molar-refractivity contribution >= 4 is 10.0 Å². The van der Waals surface area contributed by atoms with Gasteiger partial charge in [0, 0.05) is 6.04 Å². The summed E-state index contributed by atoms with van der Waals surface area (Å²) >= 11 is 0. The van der Waals surface area contributed by atoms with Gasteiger partial charge in [-0.1, -0.05) is 13.8 Å². The van der Waals surface area contributed by atoms with Crippen LogP contribution in [0.4, 0.5) is 4.39 Å². The number of nitriles is 1. The van der Waals surface area contributed by atoms with Crippen molar-refractivity contribution in [3.63, 3.8) is 0 Å². The molecule has 0 saturated carbocycles. The molecule has 18 heavy (non-hydrogen) atoms. The van der Waals surface area contributed by atoms with E-state index in [1.807, 2.05) is 13.8 Å². The number of benzene rings is 1. The van der Waals surface area contributed by atoms with Crippen LogP contribution in [-0.2, 0) is 10.0 Å². The van der Waals surface area contributed by atoms with Crippen LogP contribution in [-0.4, -0.2) is 14.5 Å². The Bertz CT molecular complexity index is 576. The molecule has 0 saturated heterocycles. The van der Waals surface area contributed by atoms with Crippen molar-refractivity contribution in [3.05, 3.63) is 29.6 Å². The summed E-state index contributed by atoms with van der Waals surface area (Å²) in [5.74, 6) is -0.594. The van der Waals surface area contributed by atoms with E-state index in [0.29, 0.717) is 0 Å². The lowest BCUT2D eigenvalue weighted by atomic mass is 10.1. The molecular formula is C12H15FN2O2S. The maximum atomic E-state index is 13.1. The molecule has 0 aliphatic rings. The molecule has 98 valence electrons. The molecule has 1 aromatic rings. The van der Waals surface area contributed by atoms with Crippen LogP contribution < -0.4 is 4.72 Å². The van der Waals surface area contributed by atoms with Crippen LogP contribution in [0, 0.1) is 23.1 Å². The zero-order chi connectivity index (χ0) is 13.9. The first-order valence-electron chi connectivity index (χ1n) is 5.50. The van der Waals surface area contributed by atoms with Crippen LogP contribution >= 0.6 is 0 Å². The maximum absolute atomic E-state index is 13.1. The number of hydrogen-bond donors (Lipinski definition) is 1. The third kappa shape index (κ3) is 3.28. The minimum Gasteiger partial charge on any atom is -0.208 e. The van der Waals surface area contributed by atoms with Gasteiger partial charge in [-0.3, -0.25) is 0 Å². The van der Waals surface area contributed by atoms with Crippen molar-refractivity contribution in [2.45, 2.75) is 31.7 Å². The summed E-state index contributed by atoms with van der Waals surface area (Å²) in [7, 11) is -3.72. The van der Waals surface area contributed by atoms with E-state index < -0.39 is 15.8 Å². The lowest BCUT2D eigenvalue weighted by Gasteiger charge is -2.17. The number of rotatable bonds is 4. The van der Waals surface area contributed by atoms with Gasteiger partial charge in [0.2, 0.25) is 10.0 Å². The highest BCUT2D eigenvalue weighted by atomic mass is 32.2. The van der Waals surface area contributed by atoms with Crippen LogP contribution in [0.5, 0.6) is 0 Å². The molecule has 0 radical (unpaired) electrons. The minimum atomic E-state index is -3.72. The van der Waals surface area contributed by atoms with Crippen molar-refractivity contribution in [1.82, 2.24) is 4.72 Å². The van der Waals surface area contributed by atoms with Crippen molar-refractivity contribution < 1.29 is 12.8 Å². The van der Waals surface area contributed by atoms with Gasteiger partial charge < -0.3 is 0 Å². The first-order valence-corrected chi connectivity index (χ1v) is 6.98. The molecule has 0 spiro atoms. The van der Waals surface area contributed by atoms with E-state index in [0.717, 1.165) is 18.2 Å². The monoisotopic (exact) mass is 270 g/mol. The third-order valence-electron chi connectivity index (χ3n) is 2.71. The summed E-state index contributed by atoms with van der Waals surface area (Å²) in [6.07, 6.45) is 0. The SMILES string of the molecule is CC(C)C(C)NS(=O)(=O)c1ccc(F)c(C#N)c1. The number of nitrogens with zero attached hydrogens (tertiary/aromatic N) is 1. The van der Waals surface area contributed by atoms with E-state index in [9.17, 15) is 12.8 Å². The van der Waals surface area contributed by atoms with Gasteiger partial charge in [-0.25, -0.2) is 17.5 Å². The molecule has 1 aromatic carbocycles. The Labute approximate surface area is 106 Å². The summed E-state index contributed by atoms with van der Waals surface area (Å²) in [6, 6.07) is 4.53. The topological polar surface area (TPSA) is 70.0 Å². The van der Waals surface area contributed by atoms with Gasteiger partial charge in [0.05, 0.1) is 10.5 Å². The van der Waals surface area contributed by atoms with E-state index in [2.05, 4.69) is 4.72 Å². The lowest BCUT2D eigenvalue weighted by molar-refractivity contribution is 0.476. The lowest BCUT2D eigenvalue weighted by Crippen LogP contribution is -2.36. The Morgan fingerprint density at radius 2 is 1.94 bits per heavy atom. The average molecular weight is 270 g/mol. The van der Waals surface area contributed by atoms with Crippen LogP contribution in [0.1, 0.15) is 26.3 Å². The molecule has 0 aromatic heterocycles. The van der Waals surface area contributed by atoms with Gasteiger partial charge in [-0.15, -0.1) is 0 Å². The molecule has 1 atom stereocenters. The molecule has 1 N–H and O–H groups in total. The first kappa shape index (κ1) is 14.6. The fraction of sp³-hybridized carbons (Fsp3) is 0.417. The van der Waals surface area contributed by atoms with Gasteiger partial charge >= 0.3 is 0 Å². The van der Waals surface area contributed by atoms with Gasteiger partial charge in [0.1, 0.15) is 11.9 Å². The zero-order valence-electron chi connectivity index (χ0n) is 10.4. The molecule has 0 heterocycles. The Morgan fingerprint density at radius 3 is 2.44 bits per heavy atom. The van der Waals surface area contributed by atoms with Gasteiger partial charge in [-0.05, 0) is 31.0 Å². The van der Waals surface area contributed by atoms with Gasteiger partial charge in [0.15, 0.2) is 0 Å². The van der Waals surface area contributed by atoms with Crippen molar-refractivity contribution in [2.24, 2.45) is 5.92 Å². The third-order valence-corrected chi connectivity index (χ3v) is 4.27. The first-order chi connectivity index (χ1) is 8.27. The predicted molar refractivity (Wildman–Crippen MR) is 65.7 cm³/mol. The maximum Gasteiger partial charge on any atom is 0.240 e. The summed E-state index contributed by atoms with van der Waals surface area (Å²) in [5, 5.41) is 8.67. The molecule has 0 bridgehead atoms. The summed E-state index contributed by atoms with van der Waals surface area (Å²) in [5.41, 5.74) is -0.282. The van der Waals surface area contributed by atoms with E-state index >= 15 is 0 Å². The molecule has 1 rings (SSSR count).